The Morgan fingerprint density at radius 2 is 1.79 bits per heavy atom. The molecule has 0 heterocycles. The summed E-state index contributed by atoms with van der Waals surface area (Å²) in [6.45, 7) is 3.89. The first-order valence-corrected chi connectivity index (χ1v) is 9.44. The third-order valence-corrected chi connectivity index (χ3v) is 5.19. The van der Waals surface area contributed by atoms with Crippen LogP contribution in [0.1, 0.15) is 21.5 Å². The second-order valence-corrected chi connectivity index (χ2v) is 8.09. The summed E-state index contributed by atoms with van der Waals surface area (Å²) in [5, 5.41) is 3.08. The lowest BCUT2D eigenvalue weighted by Gasteiger charge is -2.19. The Balaban J connectivity index is 2.33. The molecule has 0 aliphatic heterocycles. The predicted molar refractivity (Wildman–Crippen MR) is 98.6 cm³/mol. The van der Waals surface area contributed by atoms with Crippen molar-refractivity contribution in [1.82, 2.24) is 0 Å². The number of aryl methyl sites for hydroxylation is 2. The monoisotopic (exact) mass is 366 g/mol. The summed E-state index contributed by atoms with van der Waals surface area (Å²) in [6, 6.07) is 10.2. The molecule has 0 unspecified atom stereocenters. The largest absolute Gasteiger partial charge is 0.322 e. The first kappa shape index (κ1) is 18.3. The molecule has 0 atom stereocenters. The number of halogens is 1. The Bertz CT molecular complexity index is 895. The van der Waals surface area contributed by atoms with E-state index in [1.54, 1.807) is 6.07 Å². The molecular weight excluding hydrogens is 348 g/mol. The fraction of sp³-hybridized carbons (Fsp3) is 0.235. The van der Waals surface area contributed by atoms with Gasteiger partial charge < -0.3 is 5.32 Å². The highest BCUT2D eigenvalue weighted by atomic mass is 35.5. The Hall–Kier alpha value is -2.05. The Labute approximate surface area is 147 Å². The summed E-state index contributed by atoms with van der Waals surface area (Å²) in [6.07, 6.45) is 1.08. The van der Waals surface area contributed by atoms with E-state index in [0.717, 1.165) is 21.7 Å². The average Bonchev–Trinajstić information content (AvgIpc) is 2.49. The average molecular weight is 367 g/mol. The molecule has 1 amide bonds. The van der Waals surface area contributed by atoms with Crippen LogP contribution in [0.3, 0.4) is 0 Å². The van der Waals surface area contributed by atoms with E-state index in [9.17, 15) is 13.2 Å². The van der Waals surface area contributed by atoms with Crippen LogP contribution in [0.25, 0.3) is 0 Å². The van der Waals surface area contributed by atoms with E-state index in [2.05, 4.69) is 5.32 Å². The maximum Gasteiger partial charge on any atom is 0.255 e. The molecule has 0 aromatic heterocycles. The molecule has 7 heteroatoms. The zero-order valence-electron chi connectivity index (χ0n) is 13.9. The van der Waals surface area contributed by atoms with Crippen LogP contribution in [0.15, 0.2) is 36.4 Å². The Morgan fingerprint density at radius 1 is 1.12 bits per heavy atom. The molecule has 1 N–H and O–H groups in total. The van der Waals surface area contributed by atoms with Crippen molar-refractivity contribution < 1.29 is 13.2 Å². The van der Waals surface area contributed by atoms with Crippen LogP contribution >= 0.6 is 11.6 Å². The van der Waals surface area contributed by atoms with Gasteiger partial charge in [0.25, 0.3) is 5.91 Å². The van der Waals surface area contributed by atoms with E-state index < -0.39 is 10.0 Å². The molecule has 0 aliphatic rings. The van der Waals surface area contributed by atoms with Gasteiger partial charge in [0.1, 0.15) is 0 Å². The van der Waals surface area contributed by atoms with Crippen LogP contribution in [0, 0.1) is 13.8 Å². The number of benzene rings is 2. The lowest BCUT2D eigenvalue weighted by Crippen LogP contribution is -2.25. The molecule has 24 heavy (non-hydrogen) atoms. The van der Waals surface area contributed by atoms with Gasteiger partial charge in [0.05, 0.1) is 17.0 Å². The minimum Gasteiger partial charge on any atom is -0.322 e. The molecule has 0 saturated heterocycles. The molecule has 0 aliphatic carbocycles. The third kappa shape index (κ3) is 4.07. The van der Waals surface area contributed by atoms with E-state index in [1.165, 1.54) is 19.2 Å². The number of carbonyl (C=O) groups is 1. The number of hydrogen-bond acceptors (Lipinski definition) is 3. The number of nitrogens with zero attached hydrogens (tertiary/aromatic N) is 1. The molecule has 0 bridgehead atoms. The fourth-order valence-corrected chi connectivity index (χ4v) is 3.02. The van der Waals surface area contributed by atoms with Crippen molar-refractivity contribution >= 4 is 38.9 Å². The third-order valence-electron chi connectivity index (χ3n) is 3.68. The molecule has 2 rings (SSSR count). The van der Waals surface area contributed by atoms with E-state index in [4.69, 9.17) is 11.6 Å². The summed E-state index contributed by atoms with van der Waals surface area (Å²) in [5.74, 6) is -0.332. The Morgan fingerprint density at radius 3 is 2.38 bits per heavy atom. The van der Waals surface area contributed by atoms with Crippen molar-refractivity contribution in [2.45, 2.75) is 13.8 Å². The highest BCUT2D eigenvalue weighted by Crippen LogP contribution is 2.28. The number of carbonyl (C=O) groups excluding carboxylic acids is 1. The van der Waals surface area contributed by atoms with Crippen LogP contribution in [0.5, 0.6) is 0 Å². The molecular formula is C17H19ClN2O3S. The van der Waals surface area contributed by atoms with Gasteiger partial charge in [-0.1, -0.05) is 29.3 Å². The second kappa shape index (κ2) is 6.83. The summed E-state index contributed by atoms with van der Waals surface area (Å²) >= 11 is 6.07. The van der Waals surface area contributed by atoms with E-state index in [-0.39, 0.29) is 16.6 Å². The SMILES string of the molecule is Cc1ccc(NC(=O)c2ccc(Cl)c(N(C)S(C)(=O)=O)c2)c(C)c1. The second-order valence-electron chi connectivity index (χ2n) is 5.67. The van der Waals surface area contributed by atoms with Crippen LogP contribution in [-0.4, -0.2) is 27.6 Å². The maximum absolute atomic E-state index is 12.5. The van der Waals surface area contributed by atoms with Gasteiger partial charge in [0, 0.05) is 18.3 Å². The van der Waals surface area contributed by atoms with Crippen molar-refractivity contribution in [2.75, 3.05) is 22.9 Å². The number of nitrogens with one attached hydrogen (secondary N) is 1. The van der Waals surface area contributed by atoms with Gasteiger partial charge in [-0.2, -0.15) is 0 Å². The zero-order chi connectivity index (χ0) is 18.1. The van der Waals surface area contributed by atoms with E-state index in [0.29, 0.717) is 11.3 Å². The van der Waals surface area contributed by atoms with Gasteiger partial charge >= 0.3 is 0 Å². The van der Waals surface area contributed by atoms with Crippen LogP contribution in [-0.2, 0) is 10.0 Å². The van der Waals surface area contributed by atoms with Gasteiger partial charge in [-0.05, 0) is 43.7 Å². The van der Waals surface area contributed by atoms with Gasteiger partial charge in [0.15, 0.2) is 0 Å². The molecule has 0 saturated carbocycles. The van der Waals surface area contributed by atoms with Gasteiger partial charge in [-0.3, -0.25) is 9.10 Å². The first-order valence-electron chi connectivity index (χ1n) is 7.21. The lowest BCUT2D eigenvalue weighted by atomic mass is 10.1. The van der Waals surface area contributed by atoms with Crippen molar-refractivity contribution in [3.63, 3.8) is 0 Å². The minimum absolute atomic E-state index is 0.256. The van der Waals surface area contributed by atoms with Gasteiger partial charge in [0.2, 0.25) is 10.0 Å². The molecule has 0 radical (unpaired) electrons. The summed E-state index contributed by atoms with van der Waals surface area (Å²) in [7, 11) is -2.08. The van der Waals surface area contributed by atoms with Crippen LogP contribution < -0.4 is 9.62 Å². The molecule has 2 aromatic rings. The zero-order valence-corrected chi connectivity index (χ0v) is 15.5. The fourth-order valence-electron chi connectivity index (χ4n) is 2.22. The van der Waals surface area contributed by atoms with Crippen molar-refractivity contribution in [1.29, 1.82) is 0 Å². The quantitative estimate of drug-likeness (QED) is 0.898. The van der Waals surface area contributed by atoms with Crippen LogP contribution in [0.2, 0.25) is 5.02 Å². The Kier molecular flexibility index (Phi) is 5.20. The lowest BCUT2D eigenvalue weighted by molar-refractivity contribution is 0.102. The van der Waals surface area contributed by atoms with Crippen molar-refractivity contribution in [3.05, 3.63) is 58.1 Å². The van der Waals surface area contributed by atoms with E-state index >= 15 is 0 Å². The normalized spacial score (nSPS) is 11.2. The number of sulfonamides is 1. The highest BCUT2D eigenvalue weighted by molar-refractivity contribution is 7.92. The van der Waals surface area contributed by atoms with Crippen LogP contribution in [0.4, 0.5) is 11.4 Å². The highest BCUT2D eigenvalue weighted by Gasteiger charge is 2.18. The predicted octanol–water partition coefficient (Wildman–Crippen LogP) is 3.60. The minimum atomic E-state index is -3.47. The maximum atomic E-state index is 12.5. The standard InChI is InChI=1S/C17H19ClN2O3S/c1-11-5-8-15(12(2)9-11)19-17(21)13-6-7-14(18)16(10-13)20(3)24(4,22)23/h5-10H,1-4H3,(H,19,21). The van der Waals surface area contributed by atoms with E-state index in [1.807, 2.05) is 32.0 Å². The van der Waals surface area contributed by atoms with Gasteiger partial charge in [-0.25, -0.2) is 8.42 Å². The molecule has 2 aromatic carbocycles. The topological polar surface area (TPSA) is 66.5 Å². The summed E-state index contributed by atoms with van der Waals surface area (Å²) in [5.41, 5.74) is 3.34. The molecule has 0 fully saturated rings. The number of anilines is 2. The summed E-state index contributed by atoms with van der Waals surface area (Å²) < 4.78 is 24.4. The number of amides is 1. The molecule has 0 spiro atoms. The molecule has 5 nitrogen and oxygen atoms in total. The summed E-state index contributed by atoms with van der Waals surface area (Å²) in [4.78, 5) is 12.5. The van der Waals surface area contributed by atoms with Crippen molar-refractivity contribution in [2.24, 2.45) is 0 Å². The smallest absolute Gasteiger partial charge is 0.255 e. The van der Waals surface area contributed by atoms with Gasteiger partial charge in [-0.15, -0.1) is 0 Å². The number of rotatable bonds is 4. The van der Waals surface area contributed by atoms with Crippen molar-refractivity contribution in [3.8, 4) is 0 Å². The molecule has 128 valence electrons. The first-order chi connectivity index (χ1) is 11.1. The number of hydrogen-bond donors (Lipinski definition) is 1.